The number of ketones is 1. The highest BCUT2D eigenvalue weighted by Crippen LogP contribution is 2.45. The minimum atomic E-state index is -0.356. The van der Waals surface area contributed by atoms with Crippen LogP contribution in [0.4, 0.5) is 0 Å². The Morgan fingerprint density at radius 2 is 1.95 bits per heavy atom. The summed E-state index contributed by atoms with van der Waals surface area (Å²) in [6, 6.07) is 11.8. The van der Waals surface area contributed by atoms with E-state index in [4.69, 9.17) is 5.73 Å². The maximum atomic E-state index is 12.7. The predicted octanol–water partition coefficient (Wildman–Crippen LogP) is 2.71. The Hall–Kier alpha value is -2.54. The summed E-state index contributed by atoms with van der Waals surface area (Å²) in [5.74, 6) is 0.111. The molecule has 0 unspecified atom stereocenters. The molecule has 1 aliphatic carbocycles. The number of Topliss-reactive ketones (excluding diaryl/α,β-unsaturated/α-hetero) is 1. The summed E-state index contributed by atoms with van der Waals surface area (Å²) in [6.07, 6.45) is 1.26. The molecule has 2 aliphatic rings. The van der Waals surface area contributed by atoms with Crippen molar-refractivity contribution in [3.05, 3.63) is 58.6 Å². The van der Waals surface area contributed by atoms with Crippen LogP contribution in [-0.4, -0.2) is 5.78 Å². The summed E-state index contributed by atoms with van der Waals surface area (Å²) >= 11 is 0. The van der Waals surface area contributed by atoms with Crippen molar-refractivity contribution in [3.8, 4) is 6.07 Å². The molecule has 0 saturated carbocycles. The number of carbonyl (C=O) groups is 1. The van der Waals surface area contributed by atoms with Crippen LogP contribution in [0.1, 0.15) is 38.2 Å². The lowest BCUT2D eigenvalue weighted by Crippen LogP contribution is -2.39. The van der Waals surface area contributed by atoms with Crippen molar-refractivity contribution in [2.75, 3.05) is 0 Å². The molecule has 1 aromatic rings. The molecule has 22 heavy (non-hydrogen) atoms. The van der Waals surface area contributed by atoms with E-state index in [0.29, 0.717) is 23.4 Å². The third-order valence-corrected chi connectivity index (χ3v) is 4.33. The van der Waals surface area contributed by atoms with Crippen LogP contribution in [0.2, 0.25) is 0 Å². The molecule has 112 valence electrons. The van der Waals surface area contributed by atoms with Gasteiger partial charge < -0.3 is 11.1 Å². The van der Waals surface area contributed by atoms with Crippen molar-refractivity contribution < 1.29 is 4.79 Å². The van der Waals surface area contributed by atoms with E-state index in [1.807, 2.05) is 30.3 Å². The van der Waals surface area contributed by atoms with E-state index in [0.717, 1.165) is 17.7 Å². The maximum Gasteiger partial charge on any atom is 0.162 e. The number of nitriles is 1. The monoisotopic (exact) mass is 293 g/mol. The van der Waals surface area contributed by atoms with E-state index in [9.17, 15) is 10.1 Å². The molecule has 1 aromatic carbocycles. The number of allylic oxidation sites excluding steroid dienone is 3. The van der Waals surface area contributed by atoms with Crippen LogP contribution in [0.3, 0.4) is 0 Å². The Morgan fingerprint density at radius 3 is 2.59 bits per heavy atom. The normalized spacial score (nSPS) is 23.7. The lowest BCUT2D eigenvalue weighted by molar-refractivity contribution is -0.118. The van der Waals surface area contributed by atoms with E-state index in [1.165, 1.54) is 0 Å². The van der Waals surface area contributed by atoms with Crippen LogP contribution in [0.15, 0.2) is 53.0 Å². The molecule has 3 N–H and O–H groups in total. The fourth-order valence-corrected chi connectivity index (χ4v) is 3.41. The highest BCUT2D eigenvalue weighted by molar-refractivity contribution is 6.00. The van der Waals surface area contributed by atoms with Crippen LogP contribution in [-0.2, 0) is 4.79 Å². The molecule has 0 spiro atoms. The first kappa shape index (κ1) is 14.4. The summed E-state index contributed by atoms with van der Waals surface area (Å²) in [5, 5.41) is 12.6. The number of dihydropyridines is 1. The highest BCUT2D eigenvalue weighted by atomic mass is 16.1. The summed E-state index contributed by atoms with van der Waals surface area (Å²) in [4.78, 5) is 12.7. The zero-order chi connectivity index (χ0) is 15.9. The molecule has 1 atom stereocenters. The second-order valence-electron chi connectivity index (χ2n) is 6.74. The first-order valence-corrected chi connectivity index (χ1v) is 7.41. The van der Waals surface area contributed by atoms with Crippen LogP contribution < -0.4 is 11.1 Å². The predicted molar refractivity (Wildman–Crippen MR) is 84.2 cm³/mol. The molecule has 0 aromatic heterocycles. The molecule has 4 nitrogen and oxygen atoms in total. The third-order valence-electron chi connectivity index (χ3n) is 4.33. The fourth-order valence-electron chi connectivity index (χ4n) is 3.41. The largest absolute Gasteiger partial charge is 0.384 e. The molecular weight excluding hydrogens is 274 g/mol. The second kappa shape index (κ2) is 5.03. The van der Waals surface area contributed by atoms with E-state index < -0.39 is 0 Å². The Kier molecular flexibility index (Phi) is 3.29. The molecule has 1 heterocycles. The number of hydrogen-bond donors (Lipinski definition) is 2. The highest BCUT2D eigenvalue weighted by Gasteiger charge is 2.41. The molecule has 0 bridgehead atoms. The van der Waals surface area contributed by atoms with Crippen LogP contribution in [0.25, 0.3) is 0 Å². The lowest BCUT2D eigenvalue weighted by atomic mass is 9.69. The molecule has 0 saturated heterocycles. The van der Waals surface area contributed by atoms with Gasteiger partial charge in [0.25, 0.3) is 0 Å². The minimum absolute atomic E-state index is 0.0887. The van der Waals surface area contributed by atoms with Crippen LogP contribution in [0.5, 0.6) is 0 Å². The second-order valence-corrected chi connectivity index (χ2v) is 6.74. The molecular formula is C18H19N3O. The van der Waals surface area contributed by atoms with E-state index in [1.54, 1.807) is 0 Å². The average molecular weight is 293 g/mol. The summed E-state index contributed by atoms with van der Waals surface area (Å²) < 4.78 is 0. The molecule has 0 amide bonds. The van der Waals surface area contributed by atoms with Gasteiger partial charge in [-0.05, 0) is 17.4 Å². The zero-order valence-electron chi connectivity index (χ0n) is 12.8. The molecule has 0 fully saturated rings. The molecule has 0 radical (unpaired) electrons. The Bertz CT molecular complexity index is 735. The van der Waals surface area contributed by atoms with Gasteiger partial charge >= 0.3 is 0 Å². The number of nitrogens with two attached hydrogens (primary N) is 1. The van der Waals surface area contributed by atoms with E-state index in [-0.39, 0.29) is 17.1 Å². The van der Waals surface area contributed by atoms with Gasteiger partial charge in [0.05, 0.1) is 17.6 Å². The summed E-state index contributed by atoms with van der Waals surface area (Å²) in [5.41, 5.74) is 8.91. The van der Waals surface area contributed by atoms with Gasteiger partial charge in [-0.2, -0.15) is 5.26 Å². The van der Waals surface area contributed by atoms with Gasteiger partial charge in [-0.25, -0.2) is 0 Å². The van der Waals surface area contributed by atoms with Gasteiger partial charge in [-0.3, -0.25) is 4.79 Å². The SMILES string of the molecule is CC1(C)CC(=O)C2=C(C1)NC(N)=C(C#N)[C@@H]2c1ccccc1. The molecule has 4 heteroatoms. The maximum absolute atomic E-state index is 12.7. The quantitative estimate of drug-likeness (QED) is 0.834. The van der Waals surface area contributed by atoms with Crippen molar-refractivity contribution in [1.82, 2.24) is 5.32 Å². The van der Waals surface area contributed by atoms with Crippen molar-refractivity contribution in [1.29, 1.82) is 5.26 Å². The number of hydrogen-bond acceptors (Lipinski definition) is 4. The van der Waals surface area contributed by atoms with Crippen LogP contribution in [0, 0.1) is 16.7 Å². The lowest BCUT2D eigenvalue weighted by Gasteiger charge is -2.38. The standard InChI is InChI=1S/C18H19N3O/c1-18(2)8-13-16(14(22)9-18)15(11-6-4-3-5-7-11)12(10-19)17(20)21-13/h3-7,15,21H,8-9,20H2,1-2H3/t15-/m0/s1. The Balaban J connectivity index is 2.18. The smallest absolute Gasteiger partial charge is 0.162 e. The fraction of sp³-hybridized carbons (Fsp3) is 0.333. The Labute approximate surface area is 130 Å². The van der Waals surface area contributed by atoms with Crippen molar-refractivity contribution in [2.24, 2.45) is 11.1 Å². The van der Waals surface area contributed by atoms with Crippen molar-refractivity contribution in [2.45, 2.75) is 32.6 Å². The first-order chi connectivity index (χ1) is 10.4. The average Bonchev–Trinajstić information content (AvgIpc) is 2.45. The zero-order valence-corrected chi connectivity index (χ0v) is 12.8. The van der Waals surface area contributed by atoms with Crippen molar-refractivity contribution in [3.63, 3.8) is 0 Å². The number of nitrogens with one attached hydrogen (secondary N) is 1. The minimum Gasteiger partial charge on any atom is -0.384 e. The number of nitrogens with zero attached hydrogens (tertiary/aromatic N) is 1. The van der Waals surface area contributed by atoms with Gasteiger partial charge in [-0.15, -0.1) is 0 Å². The van der Waals surface area contributed by atoms with Gasteiger partial charge in [0.15, 0.2) is 5.78 Å². The van der Waals surface area contributed by atoms with Gasteiger partial charge in [0.1, 0.15) is 5.82 Å². The number of carbonyl (C=O) groups excluding carboxylic acids is 1. The van der Waals surface area contributed by atoms with E-state index >= 15 is 0 Å². The van der Waals surface area contributed by atoms with Gasteiger partial charge in [0, 0.05) is 17.7 Å². The summed E-state index contributed by atoms with van der Waals surface area (Å²) in [6.45, 7) is 4.15. The molecule has 1 aliphatic heterocycles. The van der Waals surface area contributed by atoms with E-state index in [2.05, 4.69) is 25.2 Å². The number of rotatable bonds is 1. The van der Waals surface area contributed by atoms with Crippen LogP contribution >= 0.6 is 0 Å². The van der Waals surface area contributed by atoms with Gasteiger partial charge in [-0.1, -0.05) is 44.2 Å². The first-order valence-electron chi connectivity index (χ1n) is 7.41. The van der Waals surface area contributed by atoms with Crippen molar-refractivity contribution >= 4 is 5.78 Å². The third kappa shape index (κ3) is 2.29. The number of benzene rings is 1. The Morgan fingerprint density at radius 1 is 1.27 bits per heavy atom. The van der Waals surface area contributed by atoms with Gasteiger partial charge in [0.2, 0.25) is 0 Å². The summed E-state index contributed by atoms with van der Waals surface area (Å²) in [7, 11) is 0. The molecule has 3 rings (SSSR count). The topological polar surface area (TPSA) is 78.9 Å².